The van der Waals surface area contributed by atoms with Gasteiger partial charge in [0.15, 0.2) is 0 Å². The van der Waals surface area contributed by atoms with Crippen molar-refractivity contribution in [3.05, 3.63) is 53.9 Å². The minimum absolute atomic E-state index is 0.00459. The highest BCUT2D eigenvalue weighted by Gasteiger charge is 2.12. The Kier molecular flexibility index (Phi) is 3.29. The molecular weight excluding hydrogens is 234 g/mol. The van der Waals surface area contributed by atoms with Gasteiger partial charge in [-0.15, -0.1) is 0 Å². The van der Waals surface area contributed by atoms with Gasteiger partial charge < -0.3 is 9.90 Å². The molecule has 0 radical (unpaired) electrons. The third-order valence-electron chi connectivity index (χ3n) is 2.18. The van der Waals surface area contributed by atoms with Gasteiger partial charge >= 0.3 is 0 Å². The predicted octanol–water partition coefficient (Wildman–Crippen LogP) is 0.0924. The summed E-state index contributed by atoms with van der Waals surface area (Å²) in [7, 11) is 0. The largest absolute Gasteiger partial charge is 0.545 e. The first-order valence-electron chi connectivity index (χ1n) is 5.07. The minimum Gasteiger partial charge on any atom is -0.545 e. The molecule has 0 fully saturated rings. The standard InChI is InChI=1S/C12H9N3O3/c16-10(15-12-13-6-3-7-14-12)8-4-1-2-5-9(8)11(17)18/h1-7H,(H,17,18)(H,13,14,15,16)/p-1. The minimum atomic E-state index is -1.41. The number of aromatic nitrogens is 2. The van der Waals surface area contributed by atoms with Crippen LogP contribution in [0.4, 0.5) is 5.95 Å². The normalized spacial score (nSPS) is 9.78. The maximum atomic E-state index is 11.9. The molecule has 1 amide bonds. The number of hydrogen-bond acceptors (Lipinski definition) is 5. The Morgan fingerprint density at radius 2 is 1.61 bits per heavy atom. The number of carboxylic acids is 1. The number of benzene rings is 1. The van der Waals surface area contributed by atoms with Gasteiger partial charge in [0.05, 0.1) is 5.97 Å². The van der Waals surface area contributed by atoms with E-state index < -0.39 is 11.9 Å². The molecule has 6 heteroatoms. The molecule has 1 aromatic heterocycles. The van der Waals surface area contributed by atoms with Crippen molar-refractivity contribution in [3.8, 4) is 0 Å². The zero-order valence-electron chi connectivity index (χ0n) is 9.16. The van der Waals surface area contributed by atoms with Crippen LogP contribution in [0.25, 0.3) is 0 Å². The van der Waals surface area contributed by atoms with E-state index in [9.17, 15) is 14.7 Å². The molecule has 0 aliphatic heterocycles. The summed E-state index contributed by atoms with van der Waals surface area (Å²) < 4.78 is 0. The molecule has 6 nitrogen and oxygen atoms in total. The summed E-state index contributed by atoms with van der Waals surface area (Å²) in [5.74, 6) is -1.90. The molecule has 2 rings (SSSR count). The predicted molar refractivity (Wildman–Crippen MR) is 60.8 cm³/mol. The Hall–Kier alpha value is -2.76. The lowest BCUT2D eigenvalue weighted by Gasteiger charge is -2.09. The summed E-state index contributed by atoms with van der Waals surface area (Å²) in [5.41, 5.74) is -0.170. The summed E-state index contributed by atoms with van der Waals surface area (Å²) in [6.07, 6.45) is 2.93. The van der Waals surface area contributed by atoms with E-state index in [-0.39, 0.29) is 17.1 Å². The van der Waals surface area contributed by atoms with Gasteiger partial charge in [-0.2, -0.15) is 0 Å². The molecule has 0 bridgehead atoms. The fraction of sp³-hybridized carbons (Fsp3) is 0. The second-order valence-corrected chi connectivity index (χ2v) is 3.36. The van der Waals surface area contributed by atoms with Crippen molar-refractivity contribution in [1.82, 2.24) is 9.97 Å². The van der Waals surface area contributed by atoms with Crippen molar-refractivity contribution >= 4 is 17.8 Å². The highest BCUT2D eigenvalue weighted by atomic mass is 16.4. The Balaban J connectivity index is 2.27. The van der Waals surface area contributed by atoms with Crippen molar-refractivity contribution in [2.75, 3.05) is 5.32 Å². The highest BCUT2D eigenvalue weighted by Crippen LogP contribution is 2.09. The fourth-order valence-corrected chi connectivity index (χ4v) is 1.39. The monoisotopic (exact) mass is 242 g/mol. The summed E-state index contributed by atoms with van der Waals surface area (Å²) in [4.78, 5) is 30.3. The summed E-state index contributed by atoms with van der Waals surface area (Å²) in [5, 5.41) is 13.3. The van der Waals surface area contributed by atoms with E-state index in [4.69, 9.17) is 0 Å². The van der Waals surface area contributed by atoms with Gasteiger partial charge in [0.25, 0.3) is 5.91 Å². The maximum absolute atomic E-state index is 11.9. The number of amides is 1. The number of aromatic carboxylic acids is 1. The molecule has 18 heavy (non-hydrogen) atoms. The van der Waals surface area contributed by atoms with Crippen LogP contribution in [0.2, 0.25) is 0 Å². The molecular formula is C12H8N3O3-. The molecule has 0 unspecified atom stereocenters. The van der Waals surface area contributed by atoms with E-state index in [1.165, 1.54) is 30.6 Å². The Labute approximate surface area is 102 Å². The average Bonchev–Trinajstić information content (AvgIpc) is 2.40. The van der Waals surface area contributed by atoms with Gasteiger partial charge in [-0.25, -0.2) is 9.97 Å². The molecule has 1 heterocycles. The molecule has 0 saturated carbocycles. The van der Waals surface area contributed by atoms with Crippen LogP contribution in [-0.4, -0.2) is 21.8 Å². The topological polar surface area (TPSA) is 95.0 Å². The van der Waals surface area contributed by atoms with Crippen molar-refractivity contribution in [1.29, 1.82) is 0 Å². The van der Waals surface area contributed by atoms with E-state index in [0.717, 1.165) is 0 Å². The molecule has 0 atom stereocenters. The van der Waals surface area contributed by atoms with Gasteiger partial charge in [-0.3, -0.25) is 10.1 Å². The zero-order chi connectivity index (χ0) is 13.0. The molecule has 90 valence electrons. The van der Waals surface area contributed by atoms with Crippen LogP contribution in [0.5, 0.6) is 0 Å². The Morgan fingerprint density at radius 3 is 2.22 bits per heavy atom. The number of rotatable bonds is 3. The highest BCUT2D eigenvalue weighted by molar-refractivity contribution is 6.09. The summed E-state index contributed by atoms with van der Waals surface area (Å²) >= 11 is 0. The van der Waals surface area contributed by atoms with Crippen molar-refractivity contribution in [2.24, 2.45) is 0 Å². The lowest BCUT2D eigenvalue weighted by molar-refractivity contribution is -0.255. The smallest absolute Gasteiger partial charge is 0.258 e. The zero-order valence-corrected chi connectivity index (χ0v) is 9.16. The molecule has 0 aliphatic carbocycles. The van der Waals surface area contributed by atoms with E-state index in [2.05, 4.69) is 15.3 Å². The number of nitrogens with zero attached hydrogens (tertiary/aromatic N) is 2. The van der Waals surface area contributed by atoms with Crippen molar-refractivity contribution in [3.63, 3.8) is 0 Å². The van der Waals surface area contributed by atoms with Gasteiger partial charge in [0.1, 0.15) is 0 Å². The SMILES string of the molecule is O=C([O-])c1ccccc1C(=O)Nc1ncccn1. The van der Waals surface area contributed by atoms with Crippen LogP contribution in [0, 0.1) is 0 Å². The number of carbonyl (C=O) groups is 2. The maximum Gasteiger partial charge on any atom is 0.258 e. The quantitative estimate of drug-likeness (QED) is 0.823. The van der Waals surface area contributed by atoms with E-state index in [0.29, 0.717) is 0 Å². The number of carboxylic acid groups (broad SMARTS) is 1. The third kappa shape index (κ3) is 2.49. The second-order valence-electron chi connectivity index (χ2n) is 3.36. The van der Waals surface area contributed by atoms with Crippen molar-refractivity contribution in [2.45, 2.75) is 0 Å². The summed E-state index contributed by atoms with van der Waals surface area (Å²) in [6, 6.07) is 7.37. The number of anilines is 1. The van der Waals surface area contributed by atoms with Crippen LogP contribution in [0.1, 0.15) is 20.7 Å². The number of nitrogens with one attached hydrogen (secondary N) is 1. The average molecular weight is 242 g/mol. The van der Waals surface area contributed by atoms with Crippen molar-refractivity contribution < 1.29 is 14.7 Å². The van der Waals surface area contributed by atoms with Gasteiger partial charge in [0.2, 0.25) is 5.95 Å². The number of carbonyl (C=O) groups excluding carboxylic acids is 2. The van der Waals surface area contributed by atoms with Crippen LogP contribution in [0.3, 0.4) is 0 Å². The molecule has 2 aromatic rings. The van der Waals surface area contributed by atoms with E-state index in [1.807, 2.05) is 0 Å². The molecule has 0 aliphatic rings. The lowest BCUT2D eigenvalue weighted by Crippen LogP contribution is -2.26. The fourth-order valence-electron chi connectivity index (χ4n) is 1.39. The van der Waals surface area contributed by atoms with E-state index in [1.54, 1.807) is 12.1 Å². The summed E-state index contributed by atoms with van der Waals surface area (Å²) in [6.45, 7) is 0. The Morgan fingerprint density at radius 1 is 1.00 bits per heavy atom. The third-order valence-corrected chi connectivity index (χ3v) is 2.18. The molecule has 1 aromatic carbocycles. The molecule has 1 N–H and O–H groups in total. The van der Waals surface area contributed by atoms with Crippen LogP contribution in [-0.2, 0) is 0 Å². The van der Waals surface area contributed by atoms with Crippen LogP contribution >= 0.6 is 0 Å². The first-order chi connectivity index (χ1) is 8.68. The second kappa shape index (κ2) is 5.05. The van der Waals surface area contributed by atoms with Gasteiger partial charge in [-0.05, 0) is 12.1 Å². The van der Waals surface area contributed by atoms with E-state index >= 15 is 0 Å². The first kappa shape index (κ1) is 11.7. The van der Waals surface area contributed by atoms with Crippen LogP contribution in [0.15, 0.2) is 42.7 Å². The first-order valence-corrected chi connectivity index (χ1v) is 5.07. The lowest BCUT2D eigenvalue weighted by atomic mass is 10.1. The molecule has 0 saturated heterocycles. The van der Waals surface area contributed by atoms with Crippen LogP contribution < -0.4 is 10.4 Å². The Bertz CT molecular complexity index is 584. The molecule has 0 spiro atoms. The van der Waals surface area contributed by atoms with Gasteiger partial charge in [0, 0.05) is 23.5 Å². The number of hydrogen-bond donors (Lipinski definition) is 1. The van der Waals surface area contributed by atoms with Gasteiger partial charge in [-0.1, -0.05) is 18.2 Å².